The van der Waals surface area contributed by atoms with E-state index >= 15 is 0 Å². The molecule has 0 spiro atoms. The summed E-state index contributed by atoms with van der Waals surface area (Å²) in [5.74, 6) is -0.195. The summed E-state index contributed by atoms with van der Waals surface area (Å²) >= 11 is 0. The third-order valence-corrected chi connectivity index (χ3v) is 2.12. The van der Waals surface area contributed by atoms with Gasteiger partial charge in [-0.2, -0.15) is 0 Å². The van der Waals surface area contributed by atoms with Crippen molar-refractivity contribution in [1.29, 1.82) is 0 Å². The lowest BCUT2D eigenvalue weighted by atomic mass is 10.0. The monoisotopic (exact) mass is 207 g/mol. The minimum absolute atomic E-state index is 0.195. The fourth-order valence-corrected chi connectivity index (χ4v) is 1.40. The van der Waals surface area contributed by atoms with Crippen molar-refractivity contribution < 1.29 is 4.79 Å². The first kappa shape index (κ1) is 11.7. The molecule has 0 heterocycles. The van der Waals surface area contributed by atoms with E-state index in [4.69, 9.17) is 5.73 Å². The van der Waals surface area contributed by atoms with E-state index in [9.17, 15) is 4.79 Å². The van der Waals surface area contributed by atoms with Crippen molar-refractivity contribution in [3.63, 3.8) is 0 Å². The molecule has 0 radical (unpaired) electrons. The second-order valence-electron chi connectivity index (χ2n) is 3.54. The SMILES string of the molecule is CNNC(=O)C(N)Cc1cccc(C)c1. The highest BCUT2D eigenvalue weighted by molar-refractivity contribution is 5.81. The van der Waals surface area contributed by atoms with Crippen LogP contribution < -0.4 is 16.6 Å². The Labute approximate surface area is 89.8 Å². The molecule has 1 aromatic rings. The number of hydrogen-bond acceptors (Lipinski definition) is 3. The number of aryl methyl sites for hydroxylation is 1. The first-order chi connectivity index (χ1) is 7.13. The molecule has 4 N–H and O–H groups in total. The number of benzene rings is 1. The van der Waals surface area contributed by atoms with Crippen LogP contribution in [0.5, 0.6) is 0 Å². The quantitative estimate of drug-likeness (QED) is 0.614. The van der Waals surface area contributed by atoms with Gasteiger partial charge in [0.05, 0.1) is 6.04 Å². The Balaban J connectivity index is 2.58. The normalized spacial score (nSPS) is 12.2. The van der Waals surface area contributed by atoms with Gasteiger partial charge in [-0.1, -0.05) is 29.8 Å². The Bertz CT molecular complexity index is 338. The summed E-state index contributed by atoms with van der Waals surface area (Å²) < 4.78 is 0. The van der Waals surface area contributed by atoms with Gasteiger partial charge in [-0.25, -0.2) is 5.43 Å². The van der Waals surface area contributed by atoms with Gasteiger partial charge in [-0.15, -0.1) is 0 Å². The molecule has 1 unspecified atom stereocenters. The molecule has 1 rings (SSSR count). The molecule has 0 aliphatic heterocycles. The van der Waals surface area contributed by atoms with E-state index in [-0.39, 0.29) is 5.91 Å². The average Bonchev–Trinajstić information content (AvgIpc) is 2.18. The highest BCUT2D eigenvalue weighted by Crippen LogP contribution is 2.05. The van der Waals surface area contributed by atoms with Gasteiger partial charge < -0.3 is 5.73 Å². The summed E-state index contributed by atoms with van der Waals surface area (Å²) in [7, 11) is 1.64. The number of amides is 1. The number of hydrazine groups is 1. The Hall–Kier alpha value is -1.39. The van der Waals surface area contributed by atoms with Gasteiger partial charge in [0.1, 0.15) is 0 Å². The second kappa shape index (κ2) is 5.48. The van der Waals surface area contributed by atoms with E-state index in [1.165, 1.54) is 5.56 Å². The lowest BCUT2D eigenvalue weighted by molar-refractivity contribution is -0.123. The lowest BCUT2D eigenvalue weighted by Gasteiger charge is -2.11. The summed E-state index contributed by atoms with van der Waals surface area (Å²) in [4.78, 5) is 11.3. The largest absolute Gasteiger partial charge is 0.320 e. The highest BCUT2D eigenvalue weighted by atomic mass is 16.2. The molecule has 0 aliphatic rings. The number of rotatable bonds is 4. The molecule has 4 nitrogen and oxygen atoms in total. The molecular formula is C11H17N3O. The summed E-state index contributed by atoms with van der Waals surface area (Å²) in [6.45, 7) is 2.02. The minimum atomic E-state index is -0.515. The molecule has 0 bridgehead atoms. The Morgan fingerprint density at radius 1 is 1.53 bits per heavy atom. The lowest BCUT2D eigenvalue weighted by Crippen LogP contribution is -2.46. The predicted octanol–water partition coefficient (Wildman–Crippen LogP) is 0.115. The predicted molar refractivity (Wildman–Crippen MR) is 60.1 cm³/mol. The molecule has 1 atom stereocenters. The molecule has 0 saturated heterocycles. The van der Waals surface area contributed by atoms with Gasteiger partial charge in [0.25, 0.3) is 5.91 Å². The Morgan fingerprint density at radius 2 is 2.27 bits per heavy atom. The highest BCUT2D eigenvalue weighted by Gasteiger charge is 2.12. The molecule has 0 aliphatic carbocycles. The van der Waals surface area contributed by atoms with Gasteiger partial charge in [-0.05, 0) is 18.9 Å². The Kier molecular flexibility index (Phi) is 4.27. The van der Waals surface area contributed by atoms with Crippen LogP contribution in [0, 0.1) is 6.92 Å². The fourth-order valence-electron chi connectivity index (χ4n) is 1.40. The summed E-state index contributed by atoms with van der Waals surface area (Å²) in [6, 6.07) is 7.47. The van der Waals surface area contributed by atoms with Crippen molar-refractivity contribution in [1.82, 2.24) is 10.9 Å². The van der Waals surface area contributed by atoms with Crippen LogP contribution in [-0.2, 0) is 11.2 Å². The van der Waals surface area contributed by atoms with Crippen molar-refractivity contribution in [2.24, 2.45) is 5.73 Å². The van der Waals surface area contributed by atoms with Crippen molar-refractivity contribution >= 4 is 5.91 Å². The van der Waals surface area contributed by atoms with Crippen LogP contribution in [0.3, 0.4) is 0 Å². The van der Waals surface area contributed by atoms with Gasteiger partial charge >= 0.3 is 0 Å². The summed E-state index contributed by atoms with van der Waals surface area (Å²) in [6.07, 6.45) is 0.551. The molecule has 0 saturated carbocycles. The van der Waals surface area contributed by atoms with Gasteiger partial charge in [0.2, 0.25) is 0 Å². The summed E-state index contributed by atoms with van der Waals surface area (Å²) in [5.41, 5.74) is 13.0. The van der Waals surface area contributed by atoms with Gasteiger partial charge in [0.15, 0.2) is 0 Å². The first-order valence-electron chi connectivity index (χ1n) is 4.91. The van der Waals surface area contributed by atoms with E-state index in [1.54, 1.807) is 7.05 Å². The number of carbonyl (C=O) groups is 1. The van der Waals surface area contributed by atoms with Crippen LogP contribution in [0.4, 0.5) is 0 Å². The zero-order chi connectivity index (χ0) is 11.3. The van der Waals surface area contributed by atoms with Crippen molar-refractivity contribution in [2.75, 3.05) is 7.05 Å². The third kappa shape index (κ3) is 3.69. The maximum Gasteiger partial charge on any atom is 0.251 e. The molecule has 1 amide bonds. The Morgan fingerprint density at radius 3 is 2.87 bits per heavy atom. The molecule has 0 fully saturated rings. The molecule has 4 heteroatoms. The number of carbonyl (C=O) groups excluding carboxylic acids is 1. The van der Waals surface area contributed by atoms with E-state index in [1.807, 2.05) is 31.2 Å². The van der Waals surface area contributed by atoms with E-state index in [0.717, 1.165) is 5.56 Å². The first-order valence-corrected chi connectivity index (χ1v) is 4.91. The fraction of sp³-hybridized carbons (Fsp3) is 0.364. The minimum Gasteiger partial charge on any atom is -0.320 e. The van der Waals surface area contributed by atoms with Crippen LogP contribution in [-0.4, -0.2) is 19.0 Å². The van der Waals surface area contributed by atoms with Crippen LogP contribution in [0.15, 0.2) is 24.3 Å². The van der Waals surface area contributed by atoms with Crippen molar-refractivity contribution in [2.45, 2.75) is 19.4 Å². The molecule has 1 aromatic carbocycles. The second-order valence-corrected chi connectivity index (χ2v) is 3.54. The maximum atomic E-state index is 11.3. The van der Waals surface area contributed by atoms with Gasteiger partial charge in [0, 0.05) is 7.05 Å². The van der Waals surface area contributed by atoms with Crippen LogP contribution in [0.2, 0.25) is 0 Å². The van der Waals surface area contributed by atoms with Gasteiger partial charge in [-0.3, -0.25) is 10.2 Å². The van der Waals surface area contributed by atoms with E-state index in [0.29, 0.717) is 6.42 Å². The number of nitrogens with one attached hydrogen (secondary N) is 2. The third-order valence-electron chi connectivity index (χ3n) is 2.12. The average molecular weight is 207 g/mol. The van der Waals surface area contributed by atoms with Crippen molar-refractivity contribution in [3.05, 3.63) is 35.4 Å². The topological polar surface area (TPSA) is 67.1 Å². The van der Waals surface area contributed by atoms with Crippen molar-refractivity contribution in [3.8, 4) is 0 Å². The maximum absolute atomic E-state index is 11.3. The molecule has 0 aromatic heterocycles. The van der Waals surface area contributed by atoms with E-state index in [2.05, 4.69) is 10.9 Å². The standard InChI is InChI=1S/C11H17N3O/c1-8-4-3-5-9(6-8)7-10(12)11(15)14-13-2/h3-6,10,13H,7,12H2,1-2H3,(H,14,15). The smallest absolute Gasteiger partial charge is 0.251 e. The van der Waals surface area contributed by atoms with Crippen LogP contribution in [0.1, 0.15) is 11.1 Å². The molecular weight excluding hydrogens is 190 g/mol. The van der Waals surface area contributed by atoms with Crippen LogP contribution >= 0.6 is 0 Å². The molecule has 15 heavy (non-hydrogen) atoms. The summed E-state index contributed by atoms with van der Waals surface area (Å²) in [5, 5.41) is 0. The zero-order valence-corrected chi connectivity index (χ0v) is 9.08. The molecule has 82 valence electrons. The number of nitrogens with two attached hydrogens (primary N) is 1. The number of hydrogen-bond donors (Lipinski definition) is 3. The van der Waals surface area contributed by atoms with E-state index < -0.39 is 6.04 Å². The zero-order valence-electron chi connectivity index (χ0n) is 9.08. The van der Waals surface area contributed by atoms with Crippen LogP contribution in [0.25, 0.3) is 0 Å².